The number of halogens is 2. The molecule has 0 bridgehead atoms. The van der Waals surface area contributed by atoms with E-state index in [1.807, 2.05) is 6.92 Å². The van der Waals surface area contributed by atoms with Gasteiger partial charge in [-0.25, -0.2) is 8.78 Å². The fourth-order valence-electron chi connectivity index (χ4n) is 1.53. The molecule has 94 valence electrons. The van der Waals surface area contributed by atoms with Gasteiger partial charge in [0.15, 0.2) is 11.6 Å². The molecule has 0 fully saturated rings. The third kappa shape index (κ3) is 2.77. The van der Waals surface area contributed by atoms with E-state index in [4.69, 9.17) is 10.5 Å². The lowest BCUT2D eigenvalue weighted by molar-refractivity contribution is 0.305. The number of nitrogens with two attached hydrogens (primary N) is 1. The standard InChI is InChI=1S/C14H13F2NO/c1-9-6-11(3-5-14(9)17)18-8-10-2-4-12(15)13(16)7-10/h2-7H,8,17H2,1H3. The average molecular weight is 249 g/mol. The van der Waals surface area contributed by atoms with Crippen LogP contribution in [0.2, 0.25) is 0 Å². The second-order valence-corrected chi connectivity index (χ2v) is 4.06. The zero-order chi connectivity index (χ0) is 13.1. The summed E-state index contributed by atoms with van der Waals surface area (Å²) in [5.74, 6) is -1.09. The molecule has 18 heavy (non-hydrogen) atoms. The second-order valence-electron chi connectivity index (χ2n) is 4.06. The lowest BCUT2D eigenvalue weighted by Gasteiger charge is -2.08. The molecule has 2 aromatic rings. The molecule has 0 aliphatic carbocycles. The van der Waals surface area contributed by atoms with Gasteiger partial charge in [0.1, 0.15) is 12.4 Å². The zero-order valence-corrected chi connectivity index (χ0v) is 9.91. The van der Waals surface area contributed by atoms with Crippen LogP contribution in [0.1, 0.15) is 11.1 Å². The Morgan fingerprint density at radius 3 is 2.50 bits per heavy atom. The highest BCUT2D eigenvalue weighted by molar-refractivity contribution is 5.49. The number of aryl methyl sites for hydroxylation is 1. The van der Waals surface area contributed by atoms with Crippen LogP contribution in [0.3, 0.4) is 0 Å². The minimum Gasteiger partial charge on any atom is -0.489 e. The lowest BCUT2D eigenvalue weighted by Crippen LogP contribution is -1.98. The maximum absolute atomic E-state index is 13.0. The number of rotatable bonds is 3. The highest BCUT2D eigenvalue weighted by Gasteiger charge is 2.03. The summed E-state index contributed by atoms with van der Waals surface area (Å²) in [6, 6.07) is 8.98. The molecular weight excluding hydrogens is 236 g/mol. The predicted molar refractivity (Wildman–Crippen MR) is 66.3 cm³/mol. The first-order valence-electron chi connectivity index (χ1n) is 5.49. The second kappa shape index (κ2) is 5.04. The van der Waals surface area contributed by atoms with Gasteiger partial charge in [-0.1, -0.05) is 6.07 Å². The number of nitrogen functional groups attached to an aromatic ring is 1. The zero-order valence-electron chi connectivity index (χ0n) is 9.91. The monoisotopic (exact) mass is 249 g/mol. The van der Waals surface area contributed by atoms with Crippen LogP contribution in [0.5, 0.6) is 5.75 Å². The number of hydrogen-bond donors (Lipinski definition) is 1. The molecule has 0 heterocycles. The molecule has 0 unspecified atom stereocenters. The van der Waals surface area contributed by atoms with Gasteiger partial charge in [0, 0.05) is 5.69 Å². The first kappa shape index (κ1) is 12.4. The Balaban J connectivity index is 2.06. The minimum absolute atomic E-state index is 0.181. The molecule has 0 saturated heterocycles. The van der Waals surface area contributed by atoms with Crippen molar-refractivity contribution in [3.05, 3.63) is 59.2 Å². The Hall–Kier alpha value is -2.10. The van der Waals surface area contributed by atoms with Crippen LogP contribution in [0.15, 0.2) is 36.4 Å². The fraction of sp³-hybridized carbons (Fsp3) is 0.143. The van der Waals surface area contributed by atoms with E-state index in [1.54, 1.807) is 18.2 Å². The van der Waals surface area contributed by atoms with Crippen molar-refractivity contribution in [2.24, 2.45) is 0 Å². The van der Waals surface area contributed by atoms with Crippen molar-refractivity contribution in [1.29, 1.82) is 0 Å². The molecule has 4 heteroatoms. The van der Waals surface area contributed by atoms with Crippen LogP contribution in [0, 0.1) is 18.6 Å². The van der Waals surface area contributed by atoms with Gasteiger partial charge in [-0.2, -0.15) is 0 Å². The van der Waals surface area contributed by atoms with E-state index in [1.165, 1.54) is 6.07 Å². The van der Waals surface area contributed by atoms with Gasteiger partial charge in [0.2, 0.25) is 0 Å². The van der Waals surface area contributed by atoms with Gasteiger partial charge in [-0.05, 0) is 48.4 Å². The molecule has 2 rings (SSSR count). The highest BCUT2D eigenvalue weighted by atomic mass is 19.2. The molecule has 0 saturated carbocycles. The Labute approximate surface area is 104 Å². The largest absolute Gasteiger partial charge is 0.489 e. The number of hydrogen-bond acceptors (Lipinski definition) is 2. The van der Waals surface area contributed by atoms with E-state index in [-0.39, 0.29) is 6.61 Å². The van der Waals surface area contributed by atoms with Gasteiger partial charge in [0.25, 0.3) is 0 Å². The van der Waals surface area contributed by atoms with Gasteiger partial charge in [-0.3, -0.25) is 0 Å². The molecule has 0 aliphatic heterocycles. The summed E-state index contributed by atoms with van der Waals surface area (Å²) in [7, 11) is 0. The van der Waals surface area contributed by atoms with Crippen LogP contribution in [0.25, 0.3) is 0 Å². The van der Waals surface area contributed by atoms with Crippen molar-refractivity contribution in [1.82, 2.24) is 0 Å². The van der Waals surface area contributed by atoms with Gasteiger partial charge >= 0.3 is 0 Å². The van der Waals surface area contributed by atoms with Gasteiger partial charge in [-0.15, -0.1) is 0 Å². The van der Waals surface area contributed by atoms with Crippen molar-refractivity contribution in [2.45, 2.75) is 13.5 Å². The van der Waals surface area contributed by atoms with Crippen LogP contribution < -0.4 is 10.5 Å². The smallest absolute Gasteiger partial charge is 0.159 e. The van der Waals surface area contributed by atoms with Crippen LogP contribution >= 0.6 is 0 Å². The molecule has 0 aliphatic rings. The first-order chi connectivity index (χ1) is 8.56. The highest BCUT2D eigenvalue weighted by Crippen LogP contribution is 2.20. The summed E-state index contributed by atoms with van der Waals surface area (Å²) in [4.78, 5) is 0. The van der Waals surface area contributed by atoms with Crippen LogP contribution in [-0.2, 0) is 6.61 Å². The Morgan fingerprint density at radius 2 is 1.83 bits per heavy atom. The summed E-state index contributed by atoms with van der Waals surface area (Å²) in [5.41, 5.74) is 7.86. The SMILES string of the molecule is Cc1cc(OCc2ccc(F)c(F)c2)ccc1N. The molecule has 0 radical (unpaired) electrons. The molecule has 2 nitrogen and oxygen atoms in total. The molecule has 2 N–H and O–H groups in total. The normalized spacial score (nSPS) is 10.4. The van der Waals surface area contributed by atoms with E-state index in [2.05, 4.69) is 0 Å². The summed E-state index contributed by atoms with van der Waals surface area (Å²) in [5, 5.41) is 0. The Bertz CT molecular complexity index is 518. The topological polar surface area (TPSA) is 35.2 Å². The van der Waals surface area contributed by atoms with Crippen molar-refractivity contribution in [3.8, 4) is 5.75 Å². The van der Waals surface area contributed by atoms with E-state index in [0.29, 0.717) is 17.0 Å². The van der Waals surface area contributed by atoms with E-state index in [9.17, 15) is 8.78 Å². The summed E-state index contributed by atoms with van der Waals surface area (Å²) in [6.45, 7) is 2.06. The third-order valence-corrected chi connectivity index (χ3v) is 2.63. The van der Waals surface area contributed by atoms with Crippen molar-refractivity contribution < 1.29 is 13.5 Å². The average Bonchev–Trinajstić information content (AvgIpc) is 2.35. The number of ether oxygens (including phenoxy) is 1. The maximum Gasteiger partial charge on any atom is 0.159 e. The first-order valence-corrected chi connectivity index (χ1v) is 5.49. The van der Waals surface area contributed by atoms with Crippen LogP contribution in [0.4, 0.5) is 14.5 Å². The van der Waals surface area contributed by atoms with E-state index >= 15 is 0 Å². The summed E-state index contributed by atoms with van der Waals surface area (Å²) < 4.78 is 31.2. The Kier molecular flexibility index (Phi) is 3.46. The van der Waals surface area contributed by atoms with Crippen LogP contribution in [-0.4, -0.2) is 0 Å². The van der Waals surface area contributed by atoms with Crippen molar-refractivity contribution in [3.63, 3.8) is 0 Å². The van der Waals surface area contributed by atoms with Gasteiger partial charge in [0.05, 0.1) is 0 Å². The molecule has 0 aromatic heterocycles. The molecule has 0 atom stereocenters. The third-order valence-electron chi connectivity index (χ3n) is 2.63. The maximum atomic E-state index is 13.0. The number of benzene rings is 2. The minimum atomic E-state index is -0.871. The van der Waals surface area contributed by atoms with Gasteiger partial charge < -0.3 is 10.5 Å². The molecular formula is C14H13F2NO. The quantitative estimate of drug-likeness (QED) is 0.846. The number of anilines is 1. The summed E-state index contributed by atoms with van der Waals surface area (Å²) >= 11 is 0. The summed E-state index contributed by atoms with van der Waals surface area (Å²) in [6.07, 6.45) is 0. The molecule has 2 aromatic carbocycles. The van der Waals surface area contributed by atoms with E-state index < -0.39 is 11.6 Å². The Morgan fingerprint density at radius 1 is 1.06 bits per heavy atom. The predicted octanol–water partition coefficient (Wildman–Crippen LogP) is 3.43. The lowest BCUT2D eigenvalue weighted by atomic mass is 10.2. The fourth-order valence-corrected chi connectivity index (χ4v) is 1.53. The van der Waals surface area contributed by atoms with Crippen molar-refractivity contribution >= 4 is 5.69 Å². The molecule has 0 amide bonds. The van der Waals surface area contributed by atoms with Crippen molar-refractivity contribution in [2.75, 3.05) is 5.73 Å². The molecule has 0 spiro atoms. The van der Waals surface area contributed by atoms with E-state index in [0.717, 1.165) is 17.7 Å².